The molecule has 0 bridgehead atoms. The fraction of sp³-hybridized carbons (Fsp3) is 0.611. The van der Waals surface area contributed by atoms with Crippen LogP contribution in [0.15, 0.2) is 24.3 Å². The maximum atomic E-state index is 12.1. The van der Waals surface area contributed by atoms with Crippen LogP contribution in [0.2, 0.25) is 0 Å². The fourth-order valence-corrected chi connectivity index (χ4v) is 3.73. The quantitative estimate of drug-likeness (QED) is 0.798. The molecule has 2 aliphatic rings. The molecule has 1 aromatic carbocycles. The summed E-state index contributed by atoms with van der Waals surface area (Å²) < 4.78 is 5.59. The van der Waals surface area contributed by atoms with Crippen molar-refractivity contribution in [1.82, 2.24) is 4.90 Å². The number of piperidine rings is 2. The zero-order chi connectivity index (χ0) is 14.7. The first-order valence-corrected chi connectivity index (χ1v) is 8.22. The summed E-state index contributed by atoms with van der Waals surface area (Å²) in [7, 11) is 0. The summed E-state index contributed by atoms with van der Waals surface area (Å²) in [6.07, 6.45) is 6.36. The van der Waals surface area contributed by atoms with E-state index in [0.29, 0.717) is 24.1 Å². The number of benzene rings is 1. The predicted octanol–water partition coefficient (Wildman–Crippen LogP) is 3.42. The Bertz CT molecular complexity index is 480. The van der Waals surface area contributed by atoms with Crippen LogP contribution in [0.25, 0.3) is 0 Å². The molecule has 2 saturated heterocycles. The van der Waals surface area contributed by atoms with Gasteiger partial charge in [-0.3, -0.25) is 4.90 Å². The molecule has 2 fully saturated rings. The Balaban J connectivity index is 1.56. The Kier molecular flexibility index (Phi) is 4.59. The zero-order valence-corrected chi connectivity index (χ0v) is 12.9. The van der Waals surface area contributed by atoms with Gasteiger partial charge in [0, 0.05) is 12.0 Å². The lowest BCUT2D eigenvalue weighted by molar-refractivity contribution is 0.00739. The highest BCUT2D eigenvalue weighted by molar-refractivity contribution is 5.89. The molecule has 21 heavy (non-hydrogen) atoms. The topological polar surface area (TPSA) is 29.5 Å². The first-order chi connectivity index (χ1) is 10.2. The van der Waals surface area contributed by atoms with Gasteiger partial charge in [-0.1, -0.05) is 24.1 Å². The number of rotatable bonds is 3. The molecular formula is C18H25NO2. The van der Waals surface area contributed by atoms with Gasteiger partial charge in [-0.25, -0.2) is 4.79 Å². The van der Waals surface area contributed by atoms with E-state index in [2.05, 4.69) is 4.90 Å². The van der Waals surface area contributed by atoms with Crippen LogP contribution in [-0.4, -0.2) is 36.6 Å². The van der Waals surface area contributed by atoms with E-state index in [4.69, 9.17) is 4.74 Å². The SMILES string of the molecule is Cc1ccc(C(=O)OCC2CCCN3CCCCC23)cc1. The molecule has 114 valence electrons. The summed E-state index contributed by atoms with van der Waals surface area (Å²) in [5.74, 6) is 0.344. The van der Waals surface area contributed by atoms with E-state index in [1.807, 2.05) is 31.2 Å². The van der Waals surface area contributed by atoms with Gasteiger partial charge in [0.1, 0.15) is 0 Å². The van der Waals surface area contributed by atoms with Gasteiger partial charge in [0.05, 0.1) is 12.2 Å². The van der Waals surface area contributed by atoms with Crippen molar-refractivity contribution in [3.8, 4) is 0 Å². The van der Waals surface area contributed by atoms with E-state index in [0.717, 1.165) is 5.56 Å². The van der Waals surface area contributed by atoms with Gasteiger partial charge in [-0.2, -0.15) is 0 Å². The van der Waals surface area contributed by atoms with Crippen molar-refractivity contribution in [1.29, 1.82) is 0 Å². The van der Waals surface area contributed by atoms with E-state index in [1.54, 1.807) is 0 Å². The number of carbonyl (C=O) groups is 1. The normalized spacial score (nSPS) is 26.1. The molecule has 2 unspecified atom stereocenters. The maximum absolute atomic E-state index is 12.1. The minimum Gasteiger partial charge on any atom is -0.462 e. The van der Waals surface area contributed by atoms with E-state index in [1.165, 1.54) is 45.2 Å². The van der Waals surface area contributed by atoms with E-state index in [-0.39, 0.29) is 5.97 Å². The third-order valence-electron chi connectivity index (χ3n) is 4.94. The second-order valence-corrected chi connectivity index (χ2v) is 6.47. The van der Waals surface area contributed by atoms with E-state index < -0.39 is 0 Å². The molecule has 0 aliphatic carbocycles. The molecule has 3 rings (SSSR count). The molecular weight excluding hydrogens is 262 g/mol. The Hall–Kier alpha value is -1.35. The van der Waals surface area contributed by atoms with Crippen molar-refractivity contribution < 1.29 is 9.53 Å². The highest BCUT2D eigenvalue weighted by atomic mass is 16.5. The second kappa shape index (κ2) is 6.61. The Morgan fingerprint density at radius 2 is 1.90 bits per heavy atom. The molecule has 0 N–H and O–H groups in total. The van der Waals surface area contributed by atoms with Crippen LogP contribution in [-0.2, 0) is 4.74 Å². The van der Waals surface area contributed by atoms with Gasteiger partial charge in [-0.05, 0) is 57.8 Å². The molecule has 0 aromatic heterocycles. The number of aryl methyl sites for hydroxylation is 1. The molecule has 2 aliphatic heterocycles. The number of carbonyl (C=O) groups excluding carboxylic acids is 1. The van der Waals surface area contributed by atoms with Crippen molar-refractivity contribution in [3.63, 3.8) is 0 Å². The molecule has 0 radical (unpaired) electrons. The van der Waals surface area contributed by atoms with Crippen molar-refractivity contribution in [2.24, 2.45) is 5.92 Å². The zero-order valence-electron chi connectivity index (χ0n) is 12.9. The third-order valence-corrected chi connectivity index (χ3v) is 4.94. The Morgan fingerprint density at radius 1 is 1.14 bits per heavy atom. The predicted molar refractivity (Wildman–Crippen MR) is 83.4 cm³/mol. The van der Waals surface area contributed by atoms with Crippen molar-refractivity contribution in [3.05, 3.63) is 35.4 Å². The van der Waals surface area contributed by atoms with Gasteiger partial charge >= 0.3 is 5.97 Å². The lowest BCUT2D eigenvalue weighted by atomic mass is 9.84. The summed E-state index contributed by atoms with van der Waals surface area (Å²) >= 11 is 0. The summed E-state index contributed by atoms with van der Waals surface area (Å²) in [6.45, 7) is 5.06. The number of nitrogens with zero attached hydrogens (tertiary/aromatic N) is 1. The fourth-order valence-electron chi connectivity index (χ4n) is 3.73. The molecule has 0 spiro atoms. The first kappa shape index (κ1) is 14.6. The number of fused-ring (bicyclic) bond motifs is 1. The molecule has 0 saturated carbocycles. The smallest absolute Gasteiger partial charge is 0.338 e. The number of esters is 1. The second-order valence-electron chi connectivity index (χ2n) is 6.47. The van der Waals surface area contributed by atoms with Gasteiger partial charge in [0.2, 0.25) is 0 Å². The van der Waals surface area contributed by atoms with Crippen LogP contribution in [0.4, 0.5) is 0 Å². The Morgan fingerprint density at radius 3 is 2.71 bits per heavy atom. The molecule has 0 amide bonds. The minimum absolute atomic E-state index is 0.178. The van der Waals surface area contributed by atoms with E-state index >= 15 is 0 Å². The lowest BCUT2D eigenvalue weighted by Gasteiger charge is -2.44. The first-order valence-electron chi connectivity index (χ1n) is 8.22. The molecule has 2 atom stereocenters. The van der Waals surface area contributed by atoms with Crippen molar-refractivity contribution in [2.75, 3.05) is 19.7 Å². The van der Waals surface area contributed by atoms with Crippen LogP contribution in [0.5, 0.6) is 0 Å². The van der Waals surface area contributed by atoms with Gasteiger partial charge in [-0.15, -0.1) is 0 Å². The maximum Gasteiger partial charge on any atom is 0.338 e. The lowest BCUT2D eigenvalue weighted by Crippen LogP contribution is -2.49. The standard InChI is InChI=1S/C18H25NO2/c1-14-7-9-15(10-8-14)18(20)21-13-16-5-4-12-19-11-3-2-6-17(16)19/h7-10,16-17H,2-6,11-13H2,1H3. The van der Waals surface area contributed by atoms with Gasteiger partial charge in [0.25, 0.3) is 0 Å². The van der Waals surface area contributed by atoms with Crippen LogP contribution in [0.3, 0.4) is 0 Å². The minimum atomic E-state index is -0.178. The molecule has 2 heterocycles. The third kappa shape index (κ3) is 3.46. The average Bonchev–Trinajstić information content (AvgIpc) is 2.53. The highest BCUT2D eigenvalue weighted by Gasteiger charge is 2.33. The molecule has 3 heteroatoms. The summed E-state index contributed by atoms with van der Waals surface area (Å²) in [6, 6.07) is 8.26. The van der Waals surface area contributed by atoms with Gasteiger partial charge < -0.3 is 4.74 Å². The monoisotopic (exact) mass is 287 g/mol. The summed E-state index contributed by atoms with van der Waals surface area (Å²) in [4.78, 5) is 14.7. The Labute approximate surface area is 127 Å². The summed E-state index contributed by atoms with van der Waals surface area (Å²) in [5.41, 5.74) is 1.83. The van der Waals surface area contributed by atoms with Crippen molar-refractivity contribution in [2.45, 2.75) is 45.1 Å². The number of ether oxygens (including phenoxy) is 1. The van der Waals surface area contributed by atoms with Crippen LogP contribution >= 0.6 is 0 Å². The van der Waals surface area contributed by atoms with Crippen LogP contribution in [0.1, 0.15) is 48.0 Å². The number of hydrogen-bond acceptors (Lipinski definition) is 3. The largest absolute Gasteiger partial charge is 0.462 e. The molecule has 3 nitrogen and oxygen atoms in total. The molecule has 1 aromatic rings. The highest BCUT2D eigenvalue weighted by Crippen LogP contribution is 2.31. The average molecular weight is 287 g/mol. The number of hydrogen-bond donors (Lipinski definition) is 0. The van der Waals surface area contributed by atoms with Crippen LogP contribution < -0.4 is 0 Å². The summed E-state index contributed by atoms with van der Waals surface area (Å²) in [5, 5.41) is 0. The van der Waals surface area contributed by atoms with Crippen LogP contribution in [0, 0.1) is 12.8 Å². The van der Waals surface area contributed by atoms with Gasteiger partial charge in [0.15, 0.2) is 0 Å². The van der Waals surface area contributed by atoms with Crippen molar-refractivity contribution >= 4 is 5.97 Å². The van der Waals surface area contributed by atoms with E-state index in [9.17, 15) is 4.79 Å².